The number of phenols is 1. The van der Waals surface area contributed by atoms with Crippen LogP contribution in [-0.2, 0) is 0 Å². The Hall–Kier alpha value is -5.98. The van der Waals surface area contributed by atoms with Gasteiger partial charge in [-0.05, 0) is 59.1 Å². The largest absolute Gasteiger partial charge is 0.507 e. The van der Waals surface area contributed by atoms with Gasteiger partial charge in [-0.2, -0.15) is 0 Å². The lowest BCUT2D eigenvalue weighted by molar-refractivity contribution is 0.477. The van der Waals surface area contributed by atoms with Crippen molar-refractivity contribution in [2.24, 2.45) is 0 Å². The van der Waals surface area contributed by atoms with Crippen LogP contribution in [-0.4, -0.2) is 27.7 Å². The summed E-state index contributed by atoms with van der Waals surface area (Å²) in [5, 5.41) is 16.8. The molecule has 0 aliphatic carbocycles. The summed E-state index contributed by atoms with van der Waals surface area (Å²) in [6.45, 7) is 7.02. The molecule has 6 heteroatoms. The van der Waals surface area contributed by atoms with Crippen molar-refractivity contribution in [3.63, 3.8) is 0 Å². The molecule has 0 aliphatic heterocycles. The van der Waals surface area contributed by atoms with Gasteiger partial charge in [0.1, 0.15) is 22.7 Å². The molecule has 9 aromatic rings. The zero-order valence-corrected chi connectivity index (χ0v) is 28.5. The fourth-order valence-electron chi connectivity index (χ4n) is 6.99. The Morgan fingerprint density at radius 3 is 2.20 bits per heavy atom. The number of hydrogen-bond acceptors (Lipinski definition) is 4. The molecule has 0 radical (unpaired) electrons. The summed E-state index contributed by atoms with van der Waals surface area (Å²) in [5.74, 6) is 0.841. The molecular formula is C43H33N3O2Si. The molecule has 0 amide bonds. The van der Waals surface area contributed by atoms with Crippen molar-refractivity contribution in [2.75, 3.05) is 0 Å². The van der Waals surface area contributed by atoms with Crippen LogP contribution in [0.15, 0.2) is 144 Å². The van der Waals surface area contributed by atoms with Crippen molar-refractivity contribution < 1.29 is 9.52 Å². The standard InChI is InChI=1S/C43H33N3O2Si/c1-49(2,3)29-22-23-36(44-26-29)28-24-34-31-15-7-9-21-40(31)48-42(34)35(25-28)32-17-11-19-38-41(32)45-43(33-16-6-8-20-39(33)47)46(38)37-18-10-13-27-12-4-5-14-30(27)37/h4-26,47H,1-3H3. The minimum atomic E-state index is -1.51. The normalized spacial score (nSPS) is 12.1. The predicted octanol–water partition coefficient (Wildman–Crippen LogP) is 10.7. The number of nitrogens with zero attached hydrogens (tertiary/aromatic N) is 3. The molecule has 6 aromatic carbocycles. The summed E-state index contributed by atoms with van der Waals surface area (Å²) in [4.78, 5) is 10.3. The van der Waals surface area contributed by atoms with Crippen LogP contribution in [0.2, 0.25) is 19.6 Å². The SMILES string of the molecule is C[Si](C)(C)c1ccc(-c2cc(-c3cccc4c3nc(-c3ccccc3O)n4-c3cccc4ccccc34)c3oc4ccccc4c3c2)nc1. The number of benzene rings is 6. The van der Waals surface area contributed by atoms with Crippen molar-refractivity contribution in [1.82, 2.24) is 14.5 Å². The molecule has 5 nitrogen and oxygen atoms in total. The van der Waals surface area contributed by atoms with Gasteiger partial charge in [0.25, 0.3) is 0 Å². The second-order valence-electron chi connectivity index (χ2n) is 13.6. The summed E-state index contributed by atoms with van der Waals surface area (Å²) in [6, 6.07) is 45.4. The van der Waals surface area contributed by atoms with Crippen LogP contribution in [0.4, 0.5) is 0 Å². The molecule has 49 heavy (non-hydrogen) atoms. The highest BCUT2D eigenvalue weighted by atomic mass is 28.3. The third-order valence-electron chi connectivity index (χ3n) is 9.53. The fraction of sp³-hybridized carbons (Fsp3) is 0.0698. The third-order valence-corrected chi connectivity index (χ3v) is 11.6. The summed E-state index contributed by atoms with van der Waals surface area (Å²) in [5.41, 5.74) is 8.85. The lowest BCUT2D eigenvalue weighted by Gasteiger charge is -2.16. The smallest absolute Gasteiger partial charge is 0.149 e. The molecule has 0 atom stereocenters. The number of pyridine rings is 1. The lowest BCUT2D eigenvalue weighted by Crippen LogP contribution is -2.37. The number of aromatic nitrogens is 3. The van der Waals surface area contributed by atoms with Crippen molar-refractivity contribution in [3.8, 4) is 45.2 Å². The minimum Gasteiger partial charge on any atom is -0.507 e. The first-order valence-electron chi connectivity index (χ1n) is 16.6. The molecule has 0 saturated heterocycles. The number of furan rings is 1. The zero-order valence-electron chi connectivity index (χ0n) is 27.5. The van der Waals surface area contributed by atoms with Gasteiger partial charge < -0.3 is 9.52 Å². The fourth-order valence-corrected chi connectivity index (χ4v) is 8.03. The van der Waals surface area contributed by atoms with Crippen molar-refractivity contribution in [1.29, 1.82) is 0 Å². The Morgan fingerprint density at radius 2 is 1.39 bits per heavy atom. The van der Waals surface area contributed by atoms with E-state index in [1.54, 1.807) is 6.07 Å². The van der Waals surface area contributed by atoms with Gasteiger partial charge in [0.2, 0.25) is 0 Å². The monoisotopic (exact) mass is 651 g/mol. The number of phenolic OH excluding ortho intramolecular Hbond substituents is 1. The summed E-state index contributed by atoms with van der Waals surface area (Å²) in [7, 11) is -1.51. The predicted molar refractivity (Wildman–Crippen MR) is 205 cm³/mol. The summed E-state index contributed by atoms with van der Waals surface area (Å²) < 4.78 is 8.81. The van der Waals surface area contributed by atoms with E-state index in [4.69, 9.17) is 14.4 Å². The van der Waals surface area contributed by atoms with Gasteiger partial charge in [0.05, 0.1) is 36.1 Å². The summed E-state index contributed by atoms with van der Waals surface area (Å²) in [6.07, 6.45) is 2.05. The van der Waals surface area contributed by atoms with E-state index < -0.39 is 8.07 Å². The Kier molecular flexibility index (Phi) is 6.57. The Balaban J connectivity index is 1.36. The number of imidazole rings is 1. The van der Waals surface area contributed by atoms with Crippen LogP contribution >= 0.6 is 0 Å². The molecule has 3 heterocycles. The van der Waals surface area contributed by atoms with Crippen LogP contribution in [0.3, 0.4) is 0 Å². The first kappa shape index (κ1) is 29.2. The van der Waals surface area contributed by atoms with E-state index in [9.17, 15) is 5.11 Å². The highest BCUT2D eigenvalue weighted by Crippen LogP contribution is 2.43. The van der Waals surface area contributed by atoms with Gasteiger partial charge in [-0.15, -0.1) is 0 Å². The second-order valence-corrected chi connectivity index (χ2v) is 18.7. The van der Waals surface area contributed by atoms with E-state index in [1.807, 2.05) is 36.5 Å². The molecule has 236 valence electrons. The average molecular weight is 652 g/mol. The van der Waals surface area contributed by atoms with Crippen molar-refractivity contribution in [2.45, 2.75) is 19.6 Å². The van der Waals surface area contributed by atoms with E-state index in [0.717, 1.165) is 71.8 Å². The zero-order chi connectivity index (χ0) is 33.3. The first-order valence-corrected chi connectivity index (χ1v) is 20.1. The molecule has 0 aliphatic rings. The van der Waals surface area contributed by atoms with Crippen LogP contribution in [0.1, 0.15) is 0 Å². The number of para-hydroxylation sites is 3. The van der Waals surface area contributed by atoms with E-state index >= 15 is 0 Å². The van der Waals surface area contributed by atoms with E-state index in [2.05, 4.69) is 121 Å². The van der Waals surface area contributed by atoms with Crippen LogP contribution in [0, 0.1) is 0 Å². The maximum Gasteiger partial charge on any atom is 0.149 e. The molecule has 0 bridgehead atoms. The Labute approximate surface area is 284 Å². The maximum absolute atomic E-state index is 11.1. The van der Waals surface area contributed by atoms with Crippen LogP contribution in [0.5, 0.6) is 5.75 Å². The highest BCUT2D eigenvalue weighted by Gasteiger charge is 2.23. The molecule has 0 unspecified atom stereocenters. The first-order chi connectivity index (χ1) is 23.8. The van der Waals surface area contributed by atoms with Gasteiger partial charge in [-0.3, -0.25) is 9.55 Å². The van der Waals surface area contributed by atoms with E-state index in [-0.39, 0.29) is 5.75 Å². The molecule has 0 fully saturated rings. The number of fused-ring (bicyclic) bond motifs is 5. The van der Waals surface area contributed by atoms with Gasteiger partial charge in [-0.1, -0.05) is 105 Å². The topological polar surface area (TPSA) is 64.1 Å². The van der Waals surface area contributed by atoms with Gasteiger partial charge in [-0.25, -0.2) is 4.98 Å². The second kappa shape index (κ2) is 11.0. The van der Waals surface area contributed by atoms with Crippen LogP contribution in [0.25, 0.3) is 83.2 Å². The van der Waals surface area contributed by atoms with Crippen molar-refractivity contribution in [3.05, 3.63) is 140 Å². The highest BCUT2D eigenvalue weighted by molar-refractivity contribution is 6.88. The van der Waals surface area contributed by atoms with Gasteiger partial charge in [0.15, 0.2) is 0 Å². The van der Waals surface area contributed by atoms with Crippen molar-refractivity contribution >= 4 is 57.0 Å². The van der Waals surface area contributed by atoms with Gasteiger partial charge >= 0.3 is 0 Å². The quantitative estimate of drug-likeness (QED) is 0.188. The molecule has 3 aromatic heterocycles. The van der Waals surface area contributed by atoms with Crippen LogP contribution < -0.4 is 5.19 Å². The Bertz CT molecular complexity index is 2710. The maximum atomic E-state index is 11.1. The van der Waals surface area contributed by atoms with Gasteiger partial charge in [0, 0.05) is 39.0 Å². The molecular weight excluding hydrogens is 619 g/mol. The molecule has 9 rings (SSSR count). The minimum absolute atomic E-state index is 0.176. The number of rotatable bonds is 5. The van der Waals surface area contributed by atoms with E-state index in [0.29, 0.717) is 11.4 Å². The number of aromatic hydroxyl groups is 1. The molecule has 0 spiro atoms. The Morgan fingerprint density at radius 1 is 0.653 bits per heavy atom. The molecule has 1 N–H and O–H groups in total. The number of hydrogen-bond donors (Lipinski definition) is 1. The molecule has 0 saturated carbocycles. The lowest BCUT2D eigenvalue weighted by atomic mass is 9.96. The van der Waals surface area contributed by atoms with E-state index in [1.165, 1.54) is 5.19 Å². The summed E-state index contributed by atoms with van der Waals surface area (Å²) >= 11 is 0. The average Bonchev–Trinajstić information content (AvgIpc) is 3.70. The third kappa shape index (κ3) is 4.75.